The maximum Gasteiger partial charge on any atom is 0.265 e. The summed E-state index contributed by atoms with van der Waals surface area (Å²) in [6.45, 7) is 0. The second-order valence-electron chi connectivity index (χ2n) is 5.86. The predicted molar refractivity (Wildman–Crippen MR) is 96.7 cm³/mol. The van der Waals surface area contributed by atoms with E-state index in [2.05, 4.69) is 10.3 Å². The standard InChI is InChI=1S/C18H17N3O2S/c19-16-13-9-15(17(22)21-11-5-2-1-3-6-11)24-18(13)20-10-14(16)23-12-7-4-8-12/h1-3,5-6,9-10,12H,4,7-8H2,(H2,19,20)(H,21,22). The topological polar surface area (TPSA) is 77.2 Å². The summed E-state index contributed by atoms with van der Waals surface area (Å²) in [6, 6.07) is 11.1. The third-order valence-corrected chi connectivity index (χ3v) is 5.21. The molecule has 24 heavy (non-hydrogen) atoms. The van der Waals surface area contributed by atoms with E-state index in [1.807, 2.05) is 30.3 Å². The van der Waals surface area contributed by atoms with Gasteiger partial charge in [-0.25, -0.2) is 4.98 Å². The van der Waals surface area contributed by atoms with Crippen LogP contribution in [0, 0.1) is 0 Å². The monoisotopic (exact) mass is 339 g/mol. The Kier molecular flexibility index (Phi) is 3.82. The van der Waals surface area contributed by atoms with Gasteiger partial charge in [-0.2, -0.15) is 0 Å². The predicted octanol–water partition coefficient (Wildman–Crippen LogP) is 4.06. The van der Waals surface area contributed by atoms with Gasteiger partial charge in [-0.3, -0.25) is 4.79 Å². The first kappa shape index (κ1) is 15.0. The maximum atomic E-state index is 12.4. The van der Waals surface area contributed by atoms with Crippen molar-refractivity contribution in [3.8, 4) is 5.75 Å². The summed E-state index contributed by atoms with van der Waals surface area (Å²) < 4.78 is 5.87. The number of fused-ring (bicyclic) bond motifs is 1. The highest BCUT2D eigenvalue weighted by atomic mass is 32.1. The van der Waals surface area contributed by atoms with Crippen molar-refractivity contribution in [1.82, 2.24) is 4.98 Å². The molecule has 1 aliphatic rings. The van der Waals surface area contributed by atoms with Gasteiger partial charge in [0.1, 0.15) is 4.83 Å². The fourth-order valence-electron chi connectivity index (χ4n) is 2.58. The minimum atomic E-state index is -0.162. The minimum Gasteiger partial charge on any atom is -0.487 e. The quantitative estimate of drug-likeness (QED) is 0.751. The van der Waals surface area contributed by atoms with Crippen LogP contribution >= 0.6 is 11.3 Å². The zero-order valence-electron chi connectivity index (χ0n) is 13.0. The summed E-state index contributed by atoms with van der Waals surface area (Å²) in [4.78, 5) is 18.1. The number of nitrogen functional groups attached to an aromatic ring is 1. The lowest BCUT2D eigenvalue weighted by molar-refractivity contribution is 0.103. The van der Waals surface area contributed by atoms with E-state index in [0.717, 1.165) is 28.7 Å². The molecular weight excluding hydrogens is 322 g/mol. The van der Waals surface area contributed by atoms with Gasteiger partial charge in [0.05, 0.1) is 22.9 Å². The van der Waals surface area contributed by atoms with Crippen molar-refractivity contribution in [2.24, 2.45) is 0 Å². The van der Waals surface area contributed by atoms with Gasteiger partial charge in [0, 0.05) is 11.1 Å². The summed E-state index contributed by atoms with van der Waals surface area (Å²) in [6.07, 6.45) is 5.22. The van der Waals surface area contributed by atoms with E-state index >= 15 is 0 Å². The Morgan fingerprint density at radius 2 is 2.08 bits per heavy atom. The lowest BCUT2D eigenvalue weighted by Gasteiger charge is -2.26. The average Bonchev–Trinajstić information content (AvgIpc) is 2.99. The summed E-state index contributed by atoms with van der Waals surface area (Å²) in [5, 5.41) is 3.65. The first-order valence-corrected chi connectivity index (χ1v) is 8.73. The number of pyridine rings is 1. The highest BCUT2D eigenvalue weighted by Crippen LogP contribution is 2.36. The first-order chi connectivity index (χ1) is 11.7. The molecule has 0 radical (unpaired) electrons. The van der Waals surface area contributed by atoms with Crippen molar-refractivity contribution in [1.29, 1.82) is 0 Å². The van der Waals surface area contributed by atoms with Crippen LogP contribution in [-0.4, -0.2) is 17.0 Å². The number of benzene rings is 1. The van der Waals surface area contributed by atoms with E-state index < -0.39 is 0 Å². The van der Waals surface area contributed by atoms with Crippen LogP contribution in [0.1, 0.15) is 28.9 Å². The van der Waals surface area contributed by atoms with Crippen molar-refractivity contribution in [3.63, 3.8) is 0 Å². The molecule has 0 unspecified atom stereocenters. The van der Waals surface area contributed by atoms with Crippen LogP contribution in [0.25, 0.3) is 10.2 Å². The third-order valence-electron chi connectivity index (χ3n) is 4.17. The number of nitrogens with one attached hydrogen (secondary N) is 1. The van der Waals surface area contributed by atoms with Crippen molar-refractivity contribution in [2.45, 2.75) is 25.4 Å². The van der Waals surface area contributed by atoms with Crippen LogP contribution in [0.3, 0.4) is 0 Å². The molecule has 6 heteroatoms. The zero-order valence-corrected chi connectivity index (χ0v) is 13.8. The number of hydrogen-bond acceptors (Lipinski definition) is 5. The van der Waals surface area contributed by atoms with Gasteiger partial charge in [-0.05, 0) is 37.5 Å². The van der Waals surface area contributed by atoms with Crippen LogP contribution in [0.5, 0.6) is 5.75 Å². The highest BCUT2D eigenvalue weighted by molar-refractivity contribution is 7.20. The zero-order chi connectivity index (χ0) is 16.5. The van der Waals surface area contributed by atoms with Gasteiger partial charge in [0.2, 0.25) is 0 Å². The number of rotatable bonds is 4. The number of ether oxygens (including phenoxy) is 1. The minimum absolute atomic E-state index is 0.162. The molecule has 1 saturated carbocycles. The van der Waals surface area contributed by atoms with Gasteiger partial charge < -0.3 is 15.8 Å². The van der Waals surface area contributed by atoms with E-state index in [-0.39, 0.29) is 12.0 Å². The van der Waals surface area contributed by atoms with Crippen molar-refractivity contribution in [3.05, 3.63) is 47.5 Å². The summed E-state index contributed by atoms with van der Waals surface area (Å²) in [7, 11) is 0. The molecule has 3 aromatic rings. The number of anilines is 2. The number of para-hydroxylation sites is 1. The van der Waals surface area contributed by atoms with E-state index in [1.54, 1.807) is 12.3 Å². The second kappa shape index (κ2) is 6.13. The number of nitrogens with zero attached hydrogens (tertiary/aromatic N) is 1. The molecule has 1 amide bonds. The van der Waals surface area contributed by atoms with E-state index in [9.17, 15) is 4.79 Å². The summed E-state index contributed by atoms with van der Waals surface area (Å²) >= 11 is 1.33. The Bertz CT molecular complexity index is 888. The molecule has 3 N–H and O–H groups in total. The molecule has 122 valence electrons. The Morgan fingerprint density at radius 1 is 1.29 bits per heavy atom. The fraction of sp³-hybridized carbons (Fsp3) is 0.222. The summed E-state index contributed by atoms with van der Waals surface area (Å²) in [5.74, 6) is 0.449. The molecule has 1 aromatic carbocycles. The normalized spacial score (nSPS) is 14.3. The lowest BCUT2D eigenvalue weighted by atomic mass is 9.96. The SMILES string of the molecule is Nc1c(OC2CCC2)cnc2sc(C(=O)Nc3ccccc3)cc12. The molecule has 0 bridgehead atoms. The number of nitrogens with two attached hydrogens (primary N) is 1. The van der Waals surface area contributed by atoms with E-state index in [4.69, 9.17) is 10.5 Å². The van der Waals surface area contributed by atoms with Crippen molar-refractivity contribution >= 4 is 38.8 Å². The highest BCUT2D eigenvalue weighted by Gasteiger charge is 2.22. The molecule has 0 saturated heterocycles. The van der Waals surface area contributed by atoms with Crippen LogP contribution in [-0.2, 0) is 0 Å². The van der Waals surface area contributed by atoms with Gasteiger partial charge in [0.25, 0.3) is 5.91 Å². The average molecular weight is 339 g/mol. The number of carbonyl (C=O) groups is 1. The van der Waals surface area contributed by atoms with Crippen LogP contribution in [0.4, 0.5) is 11.4 Å². The molecular formula is C18H17N3O2S. The number of aromatic nitrogens is 1. The van der Waals surface area contributed by atoms with Crippen molar-refractivity contribution < 1.29 is 9.53 Å². The molecule has 1 fully saturated rings. The molecule has 1 aliphatic carbocycles. The third kappa shape index (κ3) is 2.80. The molecule has 2 aromatic heterocycles. The van der Waals surface area contributed by atoms with E-state index in [1.165, 1.54) is 17.8 Å². The van der Waals surface area contributed by atoms with Crippen LogP contribution in [0.2, 0.25) is 0 Å². The second-order valence-corrected chi connectivity index (χ2v) is 6.89. The number of amides is 1. The maximum absolute atomic E-state index is 12.4. The molecule has 5 nitrogen and oxygen atoms in total. The Morgan fingerprint density at radius 3 is 2.79 bits per heavy atom. The molecule has 4 rings (SSSR count). The number of hydrogen-bond donors (Lipinski definition) is 2. The Hall–Kier alpha value is -2.60. The van der Waals surface area contributed by atoms with Gasteiger partial charge in [-0.15, -0.1) is 11.3 Å². The van der Waals surface area contributed by atoms with Crippen molar-refractivity contribution in [2.75, 3.05) is 11.1 Å². The van der Waals surface area contributed by atoms with Gasteiger partial charge >= 0.3 is 0 Å². The largest absolute Gasteiger partial charge is 0.487 e. The fourth-order valence-corrected chi connectivity index (χ4v) is 3.49. The number of thiophene rings is 1. The first-order valence-electron chi connectivity index (χ1n) is 7.92. The molecule has 0 aliphatic heterocycles. The Balaban J connectivity index is 1.60. The van der Waals surface area contributed by atoms with E-state index in [0.29, 0.717) is 16.3 Å². The lowest BCUT2D eigenvalue weighted by Crippen LogP contribution is -2.25. The van der Waals surface area contributed by atoms with Crippen LogP contribution in [0.15, 0.2) is 42.6 Å². The number of carbonyl (C=O) groups excluding carboxylic acids is 1. The molecule has 0 atom stereocenters. The Labute approximate surface area is 143 Å². The smallest absolute Gasteiger partial charge is 0.265 e. The van der Waals surface area contributed by atoms with Gasteiger partial charge in [0.15, 0.2) is 5.75 Å². The van der Waals surface area contributed by atoms with Crippen LogP contribution < -0.4 is 15.8 Å². The van der Waals surface area contributed by atoms with Gasteiger partial charge in [-0.1, -0.05) is 18.2 Å². The summed E-state index contributed by atoms with van der Waals surface area (Å²) in [5.41, 5.74) is 7.54. The molecule has 2 heterocycles. The molecule has 0 spiro atoms.